The number of methoxy groups -OCH3 is 1. The van der Waals surface area contributed by atoms with Crippen molar-refractivity contribution in [2.45, 2.75) is 13.3 Å². The van der Waals surface area contributed by atoms with Gasteiger partial charge >= 0.3 is 0 Å². The van der Waals surface area contributed by atoms with Gasteiger partial charge < -0.3 is 14.9 Å². The molecular formula is C20H17NO6. The van der Waals surface area contributed by atoms with Gasteiger partial charge in [0.2, 0.25) is 11.7 Å². The fourth-order valence-electron chi connectivity index (χ4n) is 2.85. The van der Waals surface area contributed by atoms with E-state index < -0.39 is 23.3 Å². The number of carbonyl (C=O) groups is 3. The smallest absolute Gasteiger partial charge is 0.261 e. The van der Waals surface area contributed by atoms with E-state index in [9.17, 15) is 24.6 Å². The van der Waals surface area contributed by atoms with E-state index in [0.717, 1.165) is 4.90 Å². The summed E-state index contributed by atoms with van der Waals surface area (Å²) in [5, 5.41) is 19.4. The van der Waals surface area contributed by atoms with E-state index in [0.29, 0.717) is 16.8 Å². The van der Waals surface area contributed by atoms with Crippen LogP contribution in [-0.4, -0.2) is 34.9 Å². The molecule has 1 aliphatic rings. The molecule has 2 aromatic rings. The summed E-state index contributed by atoms with van der Waals surface area (Å²) in [6, 6.07) is 8.93. The number of aromatic hydroxyl groups is 2. The molecule has 0 radical (unpaired) electrons. The number of Topliss-reactive ketones (excluding diaryl/α,β-unsaturated/α-hetero) is 1. The van der Waals surface area contributed by atoms with Crippen molar-refractivity contribution < 1.29 is 29.3 Å². The second kappa shape index (κ2) is 6.95. The summed E-state index contributed by atoms with van der Waals surface area (Å²) < 4.78 is 4.97. The molecule has 1 saturated heterocycles. The number of ketones is 1. The lowest BCUT2D eigenvalue weighted by molar-refractivity contribution is -0.120. The Balaban J connectivity index is 1.93. The van der Waals surface area contributed by atoms with Crippen LogP contribution in [0.3, 0.4) is 0 Å². The number of phenols is 2. The number of ether oxygens (including phenoxy) is 1. The summed E-state index contributed by atoms with van der Waals surface area (Å²) in [4.78, 5) is 37.4. The maximum atomic E-state index is 12.7. The second-order valence-electron chi connectivity index (χ2n) is 6.07. The average Bonchev–Trinajstić information content (AvgIpc) is 2.91. The van der Waals surface area contributed by atoms with Crippen molar-refractivity contribution in [3.63, 3.8) is 0 Å². The fourth-order valence-corrected chi connectivity index (χ4v) is 2.85. The third-order valence-electron chi connectivity index (χ3n) is 4.24. The number of amides is 2. The Hall–Kier alpha value is -3.61. The number of phenolic OH excluding ortho intramolecular Hbond substituents is 2. The highest BCUT2D eigenvalue weighted by molar-refractivity contribution is 6.29. The molecule has 3 rings (SSSR count). The third-order valence-corrected chi connectivity index (χ3v) is 4.24. The zero-order valence-corrected chi connectivity index (χ0v) is 14.7. The maximum absolute atomic E-state index is 12.7. The van der Waals surface area contributed by atoms with Gasteiger partial charge in [0.05, 0.1) is 19.2 Å². The van der Waals surface area contributed by atoms with E-state index in [-0.39, 0.29) is 23.5 Å². The Morgan fingerprint density at radius 2 is 1.81 bits per heavy atom. The van der Waals surface area contributed by atoms with Gasteiger partial charge in [0.15, 0.2) is 17.3 Å². The monoisotopic (exact) mass is 367 g/mol. The highest BCUT2D eigenvalue weighted by atomic mass is 16.5. The van der Waals surface area contributed by atoms with Crippen LogP contribution in [0.4, 0.5) is 5.69 Å². The number of imide groups is 1. The molecule has 0 spiro atoms. The van der Waals surface area contributed by atoms with Crippen molar-refractivity contribution in [2.24, 2.45) is 0 Å². The quantitative estimate of drug-likeness (QED) is 0.373. The lowest BCUT2D eigenvalue weighted by atomic mass is 10.1. The highest BCUT2D eigenvalue weighted by Gasteiger charge is 2.35. The van der Waals surface area contributed by atoms with Crippen LogP contribution in [0.5, 0.6) is 17.2 Å². The largest absolute Gasteiger partial charge is 0.504 e. The molecule has 7 nitrogen and oxygen atoms in total. The Kier molecular flexibility index (Phi) is 4.68. The van der Waals surface area contributed by atoms with Crippen molar-refractivity contribution in [3.8, 4) is 17.2 Å². The Morgan fingerprint density at radius 3 is 2.41 bits per heavy atom. The first kappa shape index (κ1) is 18.2. The molecule has 0 saturated carbocycles. The first-order chi connectivity index (χ1) is 12.8. The number of nitrogens with zero attached hydrogens (tertiary/aromatic N) is 1. The Labute approximate surface area is 155 Å². The van der Waals surface area contributed by atoms with E-state index in [1.807, 2.05) is 0 Å². The summed E-state index contributed by atoms with van der Waals surface area (Å²) in [6.07, 6.45) is 1.36. The van der Waals surface area contributed by atoms with Crippen LogP contribution in [0, 0.1) is 0 Å². The first-order valence-electron chi connectivity index (χ1n) is 8.10. The van der Waals surface area contributed by atoms with Crippen molar-refractivity contribution >= 4 is 29.4 Å². The SMILES string of the molecule is COc1cc(/C=C2\CC(=O)N(c3ccc(C(C)=O)cc3)C2=O)cc(O)c1O. The highest BCUT2D eigenvalue weighted by Crippen LogP contribution is 2.37. The normalized spacial score (nSPS) is 15.5. The number of benzene rings is 2. The first-order valence-corrected chi connectivity index (χ1v) is 8.10. The van der Waals surface area contributed by atoms with Gasteiger partial charge in [-0.3, -0.25) is 14.4 Å². The van der Waals surface area contributed by atoms with Crippen LogP contribution in [0.2, 0.25) is 0 Å². The predicted molar refractivity (Wildman–Crippen MR) is 97.9 cm³/mol. The minimum Gasteiger partial charge on any atom is -0.504 e. The standard InChI is InChI=1S/C20H17NO6/c1-11(22)13-3-5-15(6-4-13)21-18(24)10-14(20(21)26)7-12-8-16(23)19(25)17(9-12)27-2/h3-9,23,25H,10H2,1-2H3/b14-7+. The molecule has 2 N–H and O–H groups in total. The van der Waals surface area contributed by atoms with Crippen molar-refractivity contribution in [1.82, 2.24) is 0 Å². The Bertz CT molecular complexity index is 975. The van der Waals surface area contributed by atoms with Crippen molar-refractivity contribution in [3.05, 3.63) is 53.1 Å². The molecule has 7 heteroatoms. The zero-order chi connectivity index (χ0) is 19.7. The zero-order valence-electron chi connectivity index (χ0n) is 14.7. The van der Waals surface area contributed by atoms with Crippen LogP contribution in [0.25, 0.3) is 6.08 Å². The van der Waals surface area contributed by atoms with Crippen LogP contribution in [0.1, 0.15) is 29.3 Å². The van der Waals surface area contributed by atoms with Gasteiger partial charge in [0, 0.05) is 11.1 Å². The molecule has 1 fully saturated rings. The molecule has 1 heterocycles. The van der Waals surface area contributed by atoms with E-state index in [2.05, 4.69) is 0 Å². The van der Waals surface area contributed by atoms with Gasteiger partial charge in [-0.2, -0.15) is 0 Å². The minimum atomic E-state index is -0.484. The van der Waals surface area contributed by atoms with Gasteiger partial charge in [-0.25, -0.2) is 4.90 Å². The lowest BCUT2D eigenvalue weighted by Crippen LogP contribution is -2.28. The van der Waals surface area contributed by atoms with Gasteiger partial charge in [0.25, 0.3) is 5.91 Å². The molecule has 0 aliphatic carbocycles. The molecule has 1 aliphatic heterocycles. The summed E-state index contributed by atoms with van der Waals surface area (Å²) in [5.41, 5.74) is 1.51. The number of rotatable bonds is 4. The summed E-state index contributed by atoms with van der Waals surface area (Å²) in [6.45, 7) is 1.43. The molecule has 2 aromatic carbocycles. The van der Waals surface area contributed by atoms with Crippen molar-refractivity contribution in [2.75, 3.05) is 12.0 Å². The molecule has 138 valence electrons. The average molecular weight is 367 g/mol. The lowest BCUT2D eigenvalue weighted by Gasteiger charge is -2.13. The number of hydrogen-bond donors (Lipinski definition) is 2. The second-order valence-corrected chi connectivity index (χ2v) is 6.07. The van der Waals surface area contributed by atoms with Crippen LogP contribution < -0.4 is 9.64 Å². The molecule has 0 aromatic heterocycles. The molecular weight excluding hydrogens is 350 g/mol. The van der Waals surface area contributed by atoms with Crippen molar-refractivity contribution in [1.29, 1.82) is 0 Å². The predicted octanol–water partition coefficient (Wildman–Crippen LogP) is 2.66. The van der Waals surface area contributed by atoms with E-state index in [1.54, 1.807) is 24.3 Å². The van der Waals surface area contributed by atoms with E-state index in [4.69, 9.17) is 4.74 Å². The molecule has 2 amide bonds. The number of anilines is 1. The van der Waals surface area contributed by atoms with Gasteiger partial charge in [-0.1, -0.05) is 0 Å². The van der Waals surface area contributed by atoms with Gasteiger partial charge in [-0.15, -0.1) is 0 Å². The summed E-state index contributed by atoms with van der Waals surface area (Å²) in [5.74, 6) is -1.73. The molecule has 0 atom stereocenters. The van der Waals surface area contributed by atoms with Crippen LogP contribution in [0.15, 0.2) is 42.0 Å². The molecule has 0 unspecified atom stereocenters. The number of hydrogen-bond acceptors (Lipinski definition) is 6. The maximum Gasteiger partial charge on any atom is 0.261 e. The molecule has 27 heavy (non-hydrogen) atoms. The van der Waals surface area contributed by atoms with Crippen LogP contribution >= 0.6 is 0 Å². The molecule has 0 bridgehead atoms. The van der Waals surface area contributed by atoms with Gasteiger partial charge in [0.1, 0.15) is 0 Å². The van der Waals surface area contributed by atoms with E-state index >= 15 is 0 Å². The van der Waals surface area contributed by atoms with E-state index in [1.165, 1.54) is 32.2 Å². The topological polar surface area (TPSA) is 104 Å². The van der Waals surface area contributed by atoms with Gasteiger partial charge in [-0.05, 0) is 55.0 Å². The third kappa shape index (κ3) is 3.39. The Morgan fingerprint density at radius 1 is 1.15 bits per heavy atom. The number of carbonyl (C=O) groups excluding carboxylic acids is 3. The fraction of sp³-hybridized carbons (Fsp3) is 0.150. The van der Waals surface area contributed by atoms with Crippen LogP contribution in [-0.2, 0) is 9.59 Å². The summed E-state index contributed by atoms with van der Waals surface area (Å²) >= 11 is 0. The summed E-state index contributed by atoms with van der Waals surface area (Å²) in [7, 11) is 1.34. The minimum absolute atomic E-state index is 0.0512.